The third-order valence-corrected chi connectivity index (χ3v) is 2.11. The second-order valence-electron chi connectivity index (χ2n) is 2.62. The predicted molar refractivity (Wildman–Crippen MR) is 58.3 cm³/mol. The predicted octanol–water partition coefficient (Wildman–Crippen LogP) is 2.39. The summed E-state index contributed by atoms with van der Waals surface area (Å²) in [5, 5.41) is 0.676. The Hall–Kier alpha value is -0.800. The molecule has 1 aromatic carbocycles. The fraction of sp³-hybridized carbons (Fsp3) is 0.222. The molecule has 1 unspecified atom stereocenters. The lowest BCUT2D eigenvalue weighted by molar-refractivity contribution is 0.288. The van der Waals surface area contributed by atoms with Crippen molar-refractivity contribution in [3.05, 3.63) is 29.3 Å². The molecule has 0 heterocycles. The van der Waals surface area contributed by atoms with Gasteiger partial charge in [0.15, 0.2) is 0 Å². The van der Waals surface area contributed by atoms with Crippen LogP contribution in [0.3, 0.4) is 0 Å². The van der Waals surface area contributed by atoms with E-state index in [4.69, 9.17) is 34.3 Å². The van der Waals surface area contributed by atoms with Gasteiger partial charge in [-0.3, -0.25) is 0 Å². The Morgan fingerprint density at radius 2 is 2.00 bits per heavy atom. The van der Waals surface area contributed by atoms with Crippen LogP contribution in [0.5, 0.6) is 5.75 Å². The van der Waals surface area contributed by atoms with Crippen LogP contribution >= 0.6 is 23.8 Å². The molecule has 70 valence electrons. The highest BCUT2D eigenvalue weighted by Gasteiger charge is 2.05. The van der Waals surface area contributed by atoms with Crippen LogP contribution in [0.4, 0.5) is 0 Å². The monoisotopic (exact) mass is 215 g/mol. The zero-order chi connectivity index (χ0) is 9.84. The SMILES string of the molecule is CC(Oc1ccc(Cl)cc1)C(N)=S. The fourth-order valence-corrected chi connectivity index (χ4v) is 0.949. The normalized spacial score (nSPS) is 12.2. The highest BCUT2D eigenvalue weighted by atomic mass is 35.5. The molecule has 0 fully saturated rings. The molecule has 1 atom stereocenters. The lowest BCUT2D eigenvalue weighted by atomic mass is 10.3. The Labute approximate surface area is 87.6 Å². The van der Waals surface area contributed by atoms with Gasteiger partial charge in [-0.15, -0.1) is 0 Å². The Morgan fingerprint density at radius 3 is 2.46 bits per heavy atom. The maximum absolute atomic E-state index is 5.70. The van der Waals surface area contributed by atoms with Crippen molar-refractivity contribution in [2.75, 3.05) is 0 Å². The summed E-state index contributed by atoms with van der Waals surface area (Å²) in [6.07, 6.45) is -0.254. The molecule has 0 aliphatic carbocycles. The van der Waals surface area contributed by atoms with E-state index in [0.29, 0.717) is 15.8 Å². The van der Waals surface area contributed by atoms with Crippen LogP contribution in [0.1, 0.15) is 6.92 Å². The van der Waals surface area contributed by atoms with Crippen LogP contribution in [0, 0.1) is 0 Å². The molecule has 0 aliphatic heterocycles. The molecule has 0 amide bonds. The fourth-order valence-electron chi connectivity index (χ4n) is 0.775. The van der Waals surface area contributed by atoms with Gasteiger partial charge < -0.3 is 10.5 Å². The van der Waals surface area contributed by atoms with E-state index in [1.807, 2.05) is 0 Å². The highest BCUT2D eigenvalue weighted by Crippen LogP contribution is 2.16. The van der Waals surface area contributed by atoms with Crippen molar-refractivity contribution in [3.8, 4) is 5.75 Å². The summed E-state index contributed by atoms with van der Waals surface area (Å²) < 4.78 is 5.41. The number of halogens is 1. The van der Waals surface area contributed by atoms with Crippen molar-refractivity contribution >= 4 is 28.8 Å². The van der Waals surface area contributed by atoms with E-state index in [-0.39, 0.29) is 6.10 Å². The first kappa shape index (κ1) is 10.3. The molecule has 0 aromatic heterocycles. The van der Waals surface area contributed by atoms with Crippen molar-refractivity contribution in [3.63, 3.8) is 0 Å². The number of hydrogen-bond acceptors (Lipinski definition) is 2. The molecule has 1 aromatic rings. The van der Waals surface area contributed by atoms with Gasteiger partial charge in [0.2, 0.25) is 0 Å². The van der Waals surface area contributed by atoms with Crippen LogP contribution in [-0.4, -0.2) is 11.1 Å². The zero-order valence-electron chi connectivity index (χ0n) is 7.16. The second-order valence-corrected chi connectivity index (χ2v) is 3.52. The van der Waals surface area contributed by atoms with Gasteiger partial charge in [0.25, 0.3) is 0 Å². The third kappa shape index (κ3) is 3.20. The Morgan fingerprint density at radius 1 is 1.46 bits per heavy atom. The van der Waals surface area contributed by atoms with Crippen LogP contribution in [0.2, 0.25) is 5.02 Å². The second kappa shape index (κ2) is 4.44. The molecule has 2 nitrogen and oxygen atoms in total. The quantitative estimate of drug-likeness (QED) is 0.787. The standard InChI is InChI=1S/C9H10ClNOS/c1-6(9(11)13)12-8-4-2-7(10)3-5-8/h2-6H,1H3,(H2,11,13). The molecule has 2 N–H and O–H groups in total. The van der Waals surface area contributed by atoms with Gasteiger partial charge in [-0.2, -0.15) is 0 Å². The van der Waals surface area contributed by atoms with Crippen molar-refractivity contribution in [1.29, 1.82) is 0 Å². The van der Waals surface area contributed by atoms with Crippen molar-refractivity contribution in [2.24, 2.45) is 5.73 Å². The van der Waals surface area contributed by atoms with Gasteiger partial charge in [0.05, 0.1) is 0 Å². The molecular formula is C9H10ClNOS. The number of hydrogen-bond donors (Lipinski definition) is 1. The lowest BCUT2D eigenvalue weighted by Gasteiger charge is -2.12. The minimum Gasteiger partial charge on any atom is -0.484 e. The number of nitrogens with two attached hydrogens (primary N) is 1. The minimum absolute atomic E-state index is 0.254. The average Bonchev–Trinajstić information content (AvgIpc) is 2.08. The van der Waals surface area contributed by atoms with Crippen LogP contribution < -0.4 is 10.5 Å². The van der Waals surface area contributed by atoms with Crippen molar-refractivity contribution < 1.29 is 4.74 Å². The van der Waals surface area contributed by atoms with Gasteiger partial charge >= 0.3 is 0 Å². The number of rotatable bonds is 3. The molecule has 0 spiro atoms. The van der Waals surface area contributed by atoms with Crippen molar-refractivity contribution in [1.82, 2.24) is 0 Å². The summed E-state index contributed by atoms with van der Waals surface area (Å²) >= 11 is 10.5. The molecule has 0 aliphatic rings. The maximum atomic E-state index is 5.70. The summed E-state index contributed by atoms with van der Waals surface area (Å²) in [5.74, 6) is 0.713. The van der Waals surface area contributed by atoms with E-state index in [1.165, 1.54) is 0 Å². The van der Waals surface area contributed by atoms with Gasteiger partial charge in [-0.25, -0.2) is 0 Å². The topological polar surface area (TPSA) is 35.2 Å². The summed E-state index contributed by atoms with van der Waals surface area (Å²) in [6.45, 7) is 1.80. The molecule has 1 rings (SSSR count). The first-order chi connectivity index (χ1) is 6.09. The average molecular weight is 216 g/mol. The summed E-state index contributed by atoms with van der Waals surface area (Å²) in [6, 6.07) is 7.06. The zero-order valence-corrected chi connectivity index (χ0v) is 8.73. The summed E-state index contributed by atoms with van der Waals surface area (Å²) in [7, 11) is 0. The van der Waals surface area contributed by atoms with Crippen LogP contribution in [0.25, 0.3) is 0 Å². The van der Waals surface area contributed by atoms with Crippen LogP contribution in [-0.2, 0) is 0 Å². The molecule has 0 radical (unpaired) electrons. The molecule has 0 bridgehead atoms. The summed E-state index contributed by atoms with van der Waals surface area (Å²) in [4.78, 5) is 0.343. The van der Waals surface area contributed by atoms with E-state index in [9.17, 15) is 0 Å². The lowest BCUT2D eigenvalue weighted by Crippen LogP contribution is -2.28. The van der Waals surface area contributed by atoms with Gasteiger partial charge in [-0.1, -0.05) is 23.8 Å². The van der Waals surface area contributed by atoms with E-state index in [2.05, 4.69) is 0 Å². The van der Waals surface area contributed by atoms with E-state index in [0.717, 1.165) is 0 Å². The molecule has 4 heteroatoms. The Kier molecular flexibility index (Phi) is 3.51. The minimum atomic E-state index is -0.254. The number of benzene rings is 1. The highest BCUT2D eigenvalue weighted by molar-refractivity contribution is 7.80. The van der Waals surface area contributed by atoms with E-state index < -0.39 is 0 Å². The Bertz CT molecular complexity index is 299. The molecule has 0 saturated carbocycles. The van der Waals surface area contributed by atoms with Gasteiger partial charge in [0, 0.05) is 5.02 Å². The third-order valence-electron chi connectivity index (χ3n) is 1.53. The largest absolute Gasteiger partial charge is 0.484 e. The first-order valence-corrected chi connectivity index (χ1v) is 4.60. The number of ether oxygens (including phenoxy) is 1. The molecule has 0 saturated heterocycles. The first-order valence-electron chi connectivity index (χ1n) is 3.81. The molecular weight excluding hydrogens is 206 g/mol. The smallest absolute Gasteiger partial charge is 0.145 e. The van der Waals surface area contributed by atoms with E-state index >= 15 is 0 Å². The van der Waals surface area contributed by atoms with Crippen molar-refractivity contribution in [2.45, 2.75) is 13.0 Å². The van der Waals surface area contributed by atoms with Gasteiger partial charge in [-0.05, 0) is 31.2 Å². The maximum Gasteiger partial charge on any atom is 0.145 e. The van der Waals surface area contributed by atoms with Crippen LogP contribution in [0.15, 0.2) is 24.3 Å². The molecule has 13 heavy (non-hydrogen) atoms. The number of thiocarbonyl (C=S) groups is 1. The van der Waals surface area contributed by atoms with E-state index in [1.54, 1.807) is 31.2 Å². The summed E-state index contributed by atoms with van der Waals surface area (Å²) in [5.41, 5.74) is 5.39. The van der Waals surface area contributed by atoms with Gasteiger partial charge in [0.1, 0.15) is 16.8 Å². The Balaban J connectivity index is 2.64.